The third-order valence-corrected chi connectivity index (χ3v) is 6.87. The summed E-state index contributed by atoms with van der Waals surface area (Å²) in [6, 6.07) is 0. The van der Waals surface area contributed by atoms with E-state index in [2.05, 4.69) is 0 Å². The van der Waals surface area contributed by atoms with Crippen LogP contribution < -0.4 is 10.6 Å². The number of carbonyl (C=O) groups is 2. The quantitative estimate of drug-likeness (QED) is 0.106. The second kappa shape index (κ2) is 17.8. The van der Waals surface area contributed by atoms with Crippen LogP contribution in [0.25, 0.3) is 0 Å². The number of benzene rings is 2. The Hall–Kier alpha value is -3.59. The SMILES string of the molecule is CC(C)(C)C1=CC=C/C(=C/Nc2c(F)c(F)c(F)c(F)c2F)C1=O.CC(C)(C)C1=CC=C/C(=C\Nc2c(F)c(F)c(F)c(F)c2F)C1=O.[Cl][Ti][Cl]. The molecule has 4 nitrogen and oxygen atoms in total. The minimum absolute atomic E-state index is 0.0337. The number of halogens is 12. The molecule has 0 fully saturated rings. The predicted octanol–water partition coefficient (Wildman–Crippen LogP) is 11.0. The van der Waals surface area contributed by atoms with Gasteiger partial charge in [-0.05, 0) is 23.0 Å². The molecule has 0 unspecified atom stereocenters. The van der Waals surface area contributed by atoms with Gasteiger partial charge in [-0.3, -0.25) is 9.59 Å². The maximum absolute atomic E-state index is 13.6. The van der Waals surface area contributed by atoms with Crippen LogP contribution in [-0.2, 0) is 26.6 Å². The van der Waals surface area contributed by atoms with Crippen molar-refractivity contribution < 1.29 is 70.5 Å². The van der Waals surface area contributed by atoms with Crippen molar-refractivity contribution in [2.75, 3.05) is 10.6 Å². The van der Waals surface area contributed by atoms with Crippen molar-refractivity contribution in [3.63, 3.8) is 0 Å². The molecule has 0 aliphatic heterocycles. The Morgan fingerprint density at radius 3 is 0.980 bits per heavy atom. The Balaban J connectivity index is 0.000000328. The zero-order valence-electron chi connectivity index (χ0n) is 27.5. The van der Waals surface area contributed by atoms with E-state index in [1.54, 1.807) is 24.3 Å². The van der Waals surface area contributed by atoms with E-state index < -0.39 is 109 Å². The number of rotatable bonds is 4. The number of nitrogens with one attached hydrogen (secondary N) is 2. The molecule has 2 aromatic carbocycles. The number of anilines is 2. The van der Waals surface area contributed by atoms with Gasteiger partial charge in [-0.25, -0.2) is 43.9 Å². The van der Waals surface area contributed by atoms with Crippen LogP contribution in [0.3, 0.4) is 0 Å². The number of carbonyl (C=O) groups excluding carboxylic acids is 2. The van der Waals surface area contributed by atoms with Crippen LogP contribution in [0.2, 0.25) is 0 Å². The molecule has 274 valence electrons. The monoisotopic (exact) mass is 804 g/mol. The van der Waals surface area contributed by atoms with Crippen LogP contribution in [-0.4, -0.2) is 11.6 Å². The summed E-state index contributed by atoms with van der Waals surface area (Å²) in [5.41, 5.74) is -2.39. The van der Waals surface area contributed by atoms with Crippen LogP contribution in [0.4, 0.5) is 55.3 Å². The Labute approximate surface area is 303 Å². The van der Waals surface area contributed by atoms with E-state index in [0.29, 0.717) is 11.1 Å². The van der Waals surface area contributed by atoms with E-state index in [4.69, 9.17) is 18.6 Å². The standard InChI is InChI=1S/2C17H14F5NO.2ClH.Ti/c2*1-17(2,3)9-6-4-5-8(16(9)24)7-23-15-13(21)11(19)10(18)12(20)14(15)22;;;/h2*4-7,23H,1-3H3;2*1H;/q;;;;+2/p-2/b8-7+;8-7-;;;. The predicted molar refractivity (Wildman–Crippen MR) is 171 cm³/mol. The topological polar surface area (TPSA) is 58.2 Å². The summed E-state index contributed by atoms with van der Waals surface area (Å²) >= 11 is -0.556. The van der Waals surface area contributed by atoms with Crippen molar-refractivity contribution in [1.82, 2.24) is 0 Å². The summed E-state index contributed by atoms with van der Waals surface area (Å²) in [5.74, 6) is -21.5. The van der Waals surface area contributed by atoms with Crippen LogP contribution in [0.15, 0.2) is 71.1 Å². The fourth-order valence-electron chi connectivity index (χ4n) is 4.28. The normalized spacial score (nSPS) is 15.9. The van der Waals surface area contributed by atoms with Crippen molar-refractivity contribution in [2.45, 2.75) is 41.5 Å². The van der Waals surface area contributed by atoms with Gasteiger partial charge in [0.2, 0.25) is 11.6 Å². The molecule has 0 saturated heterocycles. The fraction of sp³-hybridized carbons (Fsp3) is 0.235. The summed E-state index contributed by atoms with van der Waals surface area (Å²) in [6.45, 7) is 10.9. The van der Waals surface area contributed by atoms with Gasteiger partial charge >= 0.3 is 35.6 Å². The third-order valence-electron chi connectivity index (χ3n) is 6.87. The van der Waals surface area contributed by atoms with Gasteiger partial charge in [0.25, 0.3) is 0 Å². The molecule has 0 aromatic heterocycles. The first-order chi connectivity index (χ1) is 23.5. The van der Waals surface area contributed by atoms with Crippen LogP contribution >= 0.6 is 18.6 Å². The number of Topliss-reactive ketones (excluding diaryl/α,β-unsaturated/α-hetero) is 2. The van der Waals surface area contributed by atoms with Gasteiger partial charge in [0.05, 0.1) is 0 Å². The van der Waals surface area contributed by atoms with Gasteiger partial charge in [-0.15, -0.1) is 0 Å². The van der Waals surface area contributed by atoms with E-state index in [0.717, 1.165) is 12.4 Å². The summed E-state index contributed by atoms with van der Waals surface area (Å²) < 4.78 is 133. The van der Waals surface area contributed by atoms with Crippen molar-refractivity contribution >= 4 is 41.6 Å². The second-order valence-corrected chi connectivity index (χ2v) is 15.1. The van der Waals surface area contributed by atoms with E-state index in [9.17, 15) is 53.5 Å². The summed E-state index contributed by atoms with van der Waals surface area (Å²) in [7, 11) is 9.78. The van der Waals surface area contributed by atoms with Gasteiger partial charge in [-0.2, -0.15) is 0 Å². The molecule has 2 N–H and O–H groups in total. The average molecular weight is 805 g/mol. The summed E-state index contributed by atoms with van der Waals surface area (Å²) in [5, 5.41) is 4.01. The van der Waals surface area contributed by atoms with E-state index in [1.165, 1.54) is 12.2 Å². The molecule has 0 atom stereocenters. The van der Waals surface area contributed by atoms with Crippen molar-refractivity contribution in [1.29, 1.82) is 0 Å². The first-order valence-electron chi connectivity index (χ1n) is 14.3. The van der Waals surface area contributed by atoms with Crippen molar-refractivity contribution in [3.8, 4) is 0 Å². The number of hydrogen-bond acceptors (Lipinski definition) is 4. The molecular formula is C34H28Cl2F10N2O2Ti. The maximum atomic E-state index is 13.6. The zero-order chi connectivity index (χ0) is 39.2. The molecule has 0 amide bonds. The minimum atomic E-state index is -2.24. The molecule has 2 aliphatic rings. The molecule has 4 rings (SSSR count). The summed E-state index contributed by atoms with van der Waals surface area (Å²) in [4.78, 5) is 24.7. The molecule has 51 heavy (non-hydrogen) atoms. The van der Waals surface area contributed by atoms with E-state index in [1.807, 2.05) is 52.2 Å². The van der Waals surface area contributed by atoms with Gasteiger partial charge < -0.3 is 10.6 Å². The Bertz CT molecular complexity index is 1710. The summed E-state index contributed by atoms with van der Waals surface area (Å²) in [6.07, 6.45) is 10.9. The van der Waals surface area contributed by atoms with E-state index in [-0.39, 0.29) is 11.1 Å². The van der Waals surface area contributed by atoms with Gasteiger partial charge in [0, 0.05) is 34.7 Å². The first-order valence-corrected chi connectivity index (χ1v) is 18.6. The molecule has 17 heteroatoms. The molecule has 0 radical (unpaired) electrons. The van der Waals surface area contributed by atoms with Crippen LogP contribution in [0.1, 0.15) is 41.5 Å². The number of allylic oxidation sites excluding steroid dienone is 10. The molecule has 0 saturated carbocycles. The van der Waals surface area contributed by atoms with Crippen LogP contribution in [0.5, 0.6) is 0 Å². The van der Waals surface area contributed by atoms with Crippen molar-refractivity contribution in [2.24, 2.45) is 10.8 Å². The molecule has 2 aromatic rings. The Kier molecular flexibility index (Phi) is 15.2. The van der Waals surface area contributed by atoms with E-state index >= 15 is 0 Å². The van der Waals surface area contributed by atoms with Gasteiger partial charge in [0.15, 0.2) is 58.1 Å². The van der Waals surface area contributed by atoms with Gasteiger partial charge in [-0.1, -0.05) is 65.8 Å². The first kappa shape index (κ1) is 43.6. The molecule has 0 bridgehead atoms. The third kappa shape index (κ3) is 10.3. The number of ketones is 2. The fourth-order valence-corrected chi connectivity index (χ4v) is 4.28. The number of hydrogen-bond donors (Lipinski definition) is 2. The molecule has 2 aliphatic carbocycles. The second-order valence-electron chi connectivity index (χ2n) is 12.5. The zero-order valence-corrected chi connectivity index (χ0v) is 30.5. The molecule has 0 spiro atoms. The van der Waals surface area contributed by atoms with Gasteiger partial charge in [0.1, 0.15) is 11.4 Å². The molecular weight excluding hydrogens is 777 g/mol. The average Bonchev–Trinajstić information content (AvgIpc) is 3.05. The van der Waals surface area contributed by atoms with Crippen molar-refractivity contribution in [3.05, 3.63) is 129 Å². The Morgan fingerprint density at radius 2 is 0.745 bits per heavy atom. The molecule has 0 heterocycles. The Morgan fingerprint density at radius 1 is 0.510 bits per heavy atom. The van der Waals surface area contributed by atoms with Crippen LogP contribution in [0, 0.1) is 69.0 Å².